The molecule has 0 atom stereocenters. The number of hydrogen-bond acceptors (Lipinski definition) is 5. The summed E-state index contributed by atoms with van der Waals surface area (Å²) >= 11 is 0. The Bertz CT molecular complexity index is 1240. The zero-order chi connectivity index (χ0) is 23.4. The maximum atomic E-state index is 14.3. The number of aryl methyl sites for hydroxylation is 1. The number of carbonyl (C=O) groups excluding carboxylic acids is 1. The summed E-state index contributed by atoms with van der Waals surface area (Å²) in [7, 11) is 2.93. The topological polar surface area (TPSA) is 103 Å². The average Bonchev–Trinajstić information content (AvgIpc) is 3.14. The molecule has 2 N–H and O–H groups in total. The van der Waals surface area contributed by atoms with E-state index in [1.165, 1.54) is 24.7 Å². The Balaban J connectivity index is 1.94. The molecule has 32 heavy (non-hydrogen) atoms. The van der Waals surface area contributed by atoms with Crippen LogP contribution in [0.2, 0.25) is 0 Å². The van der Waals surface area contributed by atoms with E-state index in [4.69, 9.17) is 0 Å². The molecule has 0 radical (unpaired) electrons. The van der Waals surface area contributed by atoms with Crippen molar-refractivity contribution >= 4 is 23.0 Å². The minimum absolute atomic E-state index is 0.00655. The molecule has 0 unspecified atom stereocenters. The van der Waals surface area contributed by atoms with Gasteiger partial charge in [-0.3, -0.25) is 23.3 Å². The van der Waals surface area contributed by atoms with Gasteiger partial charge in [-0.25, -0.2) is 9.18 Å². The molecule has 1 amide bonds. The highest BCUT2D eigenvalue weighted by Crippen LogP contribution is 2.19. The number of amides is 1. The first-order chi connectivity index (χ1) is 15.3. The average molecular weight is 445 g/mol. The predicted molar refractivity (Wildman–Crippen MR) is 121 cm³/mol. The second-order valence-electron chi connectivity index (χ2n) is 7.72. The molecule has 10 heteroatoms. The molecule has 2 aromatic heterocycles. The second-order valence-corrected chi connectivity index (χ2v) is 7.72. The quantitative estimate of drug-likeness (QED) is 0.488. The van der Waals surface area contributed by atoms with Crippen LogP contribution in [0.25, 0.3) is 11.2 Å². The van der Waals surface area contributed by atoms with Crippen LogP contribution in [-0.2, 0) is 25.4 Å². The molecule has 2 heterocycles. The third-order valence-electron chi connectivity index (χ3n) is 5.70. The van der Waals surface area contributed by atoms with Gasteiger partial charge < -0.3 is 10.6 Å². The number of anilines is 1. The smallest absolute Gasteiger partial charge is 0.332 e. The Hall–Kier alpha value is -3.43. The Morgan fingerprint density at radius 1 is 1.09 bits per heavy atom. The molecule has 0 saturated carbocycles. The first kappa shape index (κ1) is 23.2. The Labute approximate surface area is 184 Å². The number of rotatable bonds is 9. The first-order valence-corrected chi connectivity index (χ1v) is 10.7. The van der Waals surface area contributed by atoms with Crippen molar-refractivity contribution in [3.63, 3.8) is 0 Å². The third kappa shape index (κ3) is 4.44. The van der Waals surface area contributed by atoms with Crippen molar-refractivity contribution in [2.75, 3.05) is 18.4 Å². The normalized spacial score (nSPS) is 11.3. The summed E-state index contributed by atoms with van der Waals surface area (Å²) in [6.45, 7) is 4.71. The maximum absolute atomic E-state index is 14.3. The first-order valence-electron chi connectivity index (χ1n) is 10.7. The largest absolute Gasteiger partial charge is 0.354 e. The Morgan fingerprint density at radius 2 is 1.78 bits per heavy atom. The molecule has 3 aromatic rings. The summed E-state index contributed by atoms with van der Waals surface area (Å²) in [5, 5.41) is 6.01. The van der Waals surface area contributed by atoms with Crippen molar-refractivity contribution in [2.45, 2.75) is 33.2 Å². The number of hydrogen-bond donors (Lipinski definition) is 2. The second kappa shape index (κ2) is 9.80. The molecule has 1 aromatic carbocycles. The van der Waals surface area contributed by atoms with E-state index in [0.717, 1.165) is 17.4 Å². The van der Waals surface area contributed by atoms with Crippen LogP contribution < -0.4 is 21.9 Å². The highest BCUT2D eigenvalue weighted by atomic mass is 19.1. The van der Waals surface area contributed by atoms with Crippen LogP contribution >= 0.6 is 0 Å². The summed E-state index contributed by atoms with van der Waals surface area (Å²) in [6, 6.07) is 6.29. The number of carbonyl (C=O) groups is 1. The van der Waals surface area contributed by atoms with Gasteiger partial charge in [0.1, 0.15) is 5.82 Å². The number of halogens is 1. The van der Waals surface area contributed by atoms with Crippen LogP contribution in [0.15, 0.2) is 33.9 Å². The third-order valence-corrected chi connectivity index (χ3v) is 5.70. The van der Waals surface area contributed by atoms with Gasteiger partial charge in [-0.05, 0) is 18.9 Å². The van der Waals surface area contributed by atoms with Gasteiger partial charge in [-0.2, -0.15) is 4.98 Å². The SMILES string of the molecule is CCC(CC)C(=O)NCCNc1nc2c(c(=O)n(C)c(=O)n2C)n1Cc1ccccc1F. The molecule has 0 bridgehead atoms. The van der Waals surface area contributed by atoms with Gasteiger partial charge in [0.2, 0.25) is 11.9 Å². The number of nitrogens with zero attached hydrogens (tertiary/aromatic N) is 4. The molecule has 172 valence electrons. The van der Waals surface area contributed by atoms with E-state index in [1.54, 1.807) is 22.8 Å². The highest BCUT2D eigenvalue weighted by molar-refractivity contribution is 5.78. The summed E-state index contributed by atoms with van der Waals surface area (Å²) in [5.41, 5.74) is -0.226. The van der Waals surface area contributed by atoms with Crippen molar-refractivity contribution in [2.24, 2.45) is 20.0 Å². The van der Waals surface area contributed by atoms with Crippen LogP contribution in [0.5, 0.6) is 0 Å². The van der Waals surface area contributed by atoms with Gasteiger partial charge in [0.15, 0.2) is 11.2 Å². The Morgan fingerprint density at radius 3 is 2.44 bits per heavy atom. The van der Waals surface area contributed by atoms with Gasteiger partial charge in [0.25, 0.3) is 5.56 Å². The lowest BCUT2D eigenvalue weighted by molar-refractivity contribution is -0.125. The van der Waals surface area contributed by atoms with E-state index in [9.17, 15) is 18.8 Å². The van der Waals surface area contributed by atoms with Crippen LogP contribution in [-0.4, -0.2) is 37.7 Å². The van der Waals surface area contributed by atoms with Gasteiger partial charge in [0.05, 0.1) is 6.54 Å². The van der Waals surface area contributed by atoms with Crippen LogP contribution in [0, 0.1) is 11.7 Å². The van der Waals surface area contributed by atoms with Crippen molar-refractivity contribution in [3.05, 3.63) is 56.5 Å². The molecule has 0 aliphatic carbocycles. The fraction of sp³-hybridized carbons (Fsp3) is 0.455. The number of benzene rings is 1. The number of imidazole rings is 1. The highest BCUT2D eigenvalue weighted by Gasteiger charge is 2.20. The zero-order valence-electron chi connectivity index (χ0n) is 18.8. The fourth-order valence-electron chi connectivity index (χ4n) is 3.70. The van der Waals surface area contributed by atoms with E-state index in [1.807, 2.05) is 13.8 Å². The number of fused-ring (bicyclic) bond motifs is 1. The lowest BCUT2D eigenvalue weighted by Crippen LogP contribution is -2.37. The van der Waals surface area contributed by atoms with Crippen molar-refractivity contribution < 1.29 is 9.18 Å². The van der Waals surface area contributed by atoms with Crippen molar-refractivity contribution in [3.8, 4) is 0 Å². The van der Waals surface area contributed by atoms with Crippen LogP contribution in [0.4, 0.5) is 10.3 Å². The van der Waals surface area contributed by atoms with E-state index >= 15 is 0 Å². The maximum Gasteiger partial charge on any atom is 0.332 e. The minimum Gasteiger partial charge on any atom is -0.354 e. The standard InChI is InChI=1S/C22H29FN6O3/c1-5-14(6-2)19(30)24-11-12-25-21-26-18-17(20(31)28(4)22(32)27(18)3)29(21)13-15-9-7-8-10-16(15)23/h7-10,14H,5-6,11-13H2,1-4H3,(H,24,30)(H,25,26). The van der Waals surface area contributed by atoms with E-state index < -0.39 is 17.1 Å². The van der Waals surface area contributed by atoms with Crippen LogP contribution in [0.1, 0.15) is 32.3 Å². The van der Waals surface area contributed by atoms with Crippen LogP contribution in [0.3, 0.4) is 0 Å². The van der Waals surface area contributed by atoms with E-state index in [0.29, 0.717) is 24.6 Å². The van der Waals surface area contributed by atoms with Crippen molar-refractivity contribution in [1.29, 1.82) is 0 Å². The van der Waals surface area contributed by atoms with Gasteiger partial charge in [-0.1, -0.05) is 32.0 Å². The number of aromatic nitrogens is 4. The molecule has 9 nitrogen and oxygen atoms in total. The van der Waals surface area contributed by atoms with Gasteiger partial charge in [0, 0.05) is 38.7 Å². The molecular weight excluding hydrogens is 415 g/mol. The lowest BCUT2D eigenvalue weighted by Gasteiger charge is -2.14. The fourth-order valence-corrected chi connectivity index (χ4v) is 3.70. The van der Waals surface area contributed by atoms with Crippen molar-refractivity contribution in [1.82, 2.24) is 24.0 Å². The molecule has 3 rings (SSSR count). The molecular formula is C22H29FN6O3. The molecule has 0 spiro atoms. The molecule has 0 aliphatic rings. The monoisotopic (exact) mass is 444 g/mol. The summed E-state index contributed by atoms with van der Waals surface area (Å²) in [6.07, 6.45) is 1.54. The van der Waals surface area contributed by atoms with Gasteiger partial charge >= 0.3 is 5.69 Å². The van der Waals surface area contributed by atoms with E-state index in [2.05, 4.69) is 15.6 Å². The summed E-state index contributed by atoms with van der Waals surface area (Å²) in [4.78, 5) is 41.9. The predicted octanol–water partition coefficient (Wildman–Crippen LogP) is 1.59. The zero-order valence-corrected chi connectivity index (χ0v) is 18.8. The number of nitrogens with one attached hydrogen (secondary N) is 2. The minimum atomic E-state index is -0.512. The lowest BCUT2D eigenvalue weighted by atomic mass is 10.0. The van der Waals surface area contributed by atoms with E-state index in [-0.39, 0.29) is 29.5 Å². The summed E-state index contributed by atoms with van der Waals surface area (Å²) < 4.78 is 18.2. The molecule has 0 fully saturated rings. The Kier molecular flexibility index (Phi) is 7.12. The molecule has 0 aliphatic heterocycles. The summed E-state index contributed by atoms with van der Waals surface area (Å²) in [5.74, 6) is -0.121. The molecule has 0 saturated heterocycles. The van der Waals surface area contributed by atoms with Gasteiger partial charge in [-0.15, -0.1) is 0 Å².